The molecule has 8 nitrogen and oxygen atoms in total. The van der Waals surface area contributed by atoms with Crippen LogP contribution in [-0.2, 0) is 21.2 Å². The molecule has 2 heterocycles. The summed E-state index contributed by atoms with van der Waals surface area (Å²) in [5.74, 6) is -0.912. The quantitative estimate of drug-likeness (QED) is 0.336. The molecule has 35 heavy (non-hydrogen) atoms. The molecule has 1 atom stereocenters. The number of aryl methyl sites for hydroxylation is 3. The summed E-state index contributed by atoms with van der Waals surface area (Å²) in [6.07, 6.45) is -0.930. The van der Waals surface area contributed by atoms with Gasteiger partial charge in [-0.1, -0.05) is 29.3 Å². The van der Waals surface area contributed by atoms with Crippen molar-refractivity contribution in [3.8, 4) is 0 Å². The summed E-state index contributed by atoms with van der Waals surface area (Å²) in [4.78, 5) is 20.0. The summed E-state index contributed by atoms with van der Waals surface area (Å²) in [7, 11) is -4.36. The zero-order valence-corrected chi connectivity index (χ0v) is 22.8. The van der Waals surface area contributed by atoms with Crippen molar-refractivity contribution in [2.75, 3.05) is 0 Å². The molecule has 0 saturated heterocycles. The third-order valence-corrected chi connectivity index (χ3v) is 7.57. The topological polar surface area (TPSA) is 103 Å². The van der Waals surface area contributed by atoms with Gasteiger partial charge in [0.1, 0.15) is 10.8 Å². The van der Waals surface area contributed by atoms with Gasteiger partial charge in [-0.3, -0.25) is 0 Å². The van der Waals surface area contributed by atoms with Gasteiger partial charge in [-0.2, -0.15) is 4.98 Å². The van der Waals surface area contributed by atoms with Crippen LogP contribution in [0.25, 0.3) is 11.0 Å². The maximum atomic E-state index is 15.7. The molecule has 12 heteroatoms. The molecule has 0 saturated carbocycles. The Labute approximate surface area is 213 Å². The van der Waals surface area contributed by atoms with Gasteiger partial charge in [0.15, 0.2) is 11.5 Å². The minimum atomic E-state index is -4.36. The second-order valence-electron chi connectivity index (χ2n) is 9.49. The molecule has 1 N–H and O–H groups in total. The fourth-order valence-corrected chi connectivity index (χ4v) is 6.41. The van der Waals surface area contributed by atoms with E-state index in [2.05, 4.69) is 15.3 Å². The fourth-order valence-electron chi connectivity index (χ4n) is 4.04. The van der Waals surface area contributed by atoms with Crippen LogP contribution in [0.3, 0.4) is 0 Å². The predicted molar refractivity (Wildman–Crippen MR) is 133 cm³/mol. The summed E-state index contributed by atoms with van der Waals surface area (Å²) in [5, 5.41) is 1.67. The first kappa shape index (κ1) is 27.2. The largest absolute Gasteiger partial charge is 0.444 e. The second-order valence-corrected chi connectivity index (χ2v) is 11.9. The molecule has 0 fully saturated rings. The van der Waals surface area contributed by atoms with E-state index >= 15 is 4.39 Å². The van der Waals surface area contributed by atoms with E-state index in [0.29, 0.717) is 11.1 Å². The molecular weight excluding hydrogens is 518 g/mol. The highest BCUT2D eigenvalue weighted by atomic mass is 35.5. The Bertz CT molecular complexity index is 1410. The van der Waals surface area contributed by atoms with Crippen molar-refractivity contribution in [3.63, 3.8) is 0 Å². The minimum Gasteiger partial charge on any atom is -0.444 e. The molecule has 1 amide bonds. The van der Waals surface area contributed by atoms with Gasteiger partial charge in [-0.05, 0) is 71.2 Å². The SMILES string of the molecule is Cc1cc(C)c(S(=O)(=O)n2c(C[C@H](C)NC(=O)OC(C)(C)C)c(F)c3c(Cl)nc(Cl)nc32)c(C)c1. The average molecular weight is 545 g/mol. The Kier molecular flexibility index (Phi) is 7.41. The van der Waals surface area contributed by atoms with Gasteiger partial charge in [-0.15, -0.1) is 0 Å². The lowest BCUT2D eigenvalue weighted by Gasteiger charge is -2.22. The maximum absolute atomic E-state index is 15.7. The molecule has 0 aliphatic heterocycles. The van der Waals surface area contributed by atoms with Gasteiger partial charge in [0.25, 0.3) is 10.0 Å². The number of carbonyl (C=O) groups excluding carboxylic acids is 1. The third kappa shape index (κ3) is 5.54. The Morgan fingerprint density at radius 3 is 2.29 bits per heavy atom. The lowest BCUT2D eigenvalue weighted by atomic mass is 10.1. The molecular formula is C23H27Cl2FN4O4S. The normalized spacial score (nSPS) is 13.2. The monoisotopic (exact) mass is 544 g/mol. The molecule has 3 aromatic rings. The highest BCUT2D eigenvalue weighted by molar-refractivity contribution is 7.90. The Hall–Kier alpha value is -2.43. The summed E-state index contributed by atoms with van der Waals surface area (Å²) in [6, 6.07) is 2.74. The Morgan fingerprint density at radius 1 is 1.17 bits per heavy atom. The maximum Gasteiger partial charge on any atom is 0.407 e. The van der Waals surface area contributed by atoms with Crippen LogP contribution in [0.15, 0.2) is 17.0 Å². The highest BCUT2D eigenvalue weighted by Gasteiger charge is 2.33. The number of benzene rings is 1. The number of fused-ring (bicyclic) bond motifs is 1. The molecule has 0 spiro atoms. The van der Waals surface area contributed by atoms with Gasteiger partial charge >= 0.3 is 6.09 Å². The molecule has 0 unspecified atom stereocenters. The number of carbonyl (C=O) groups is 1. The van der Waals surface area contributed by atoms with Crippen LogP contribution in [0.2, 0.25) is 10.4 Å². The van der Waals surface area contributed by atoms with E-state index in [1.807, 2.05) is 6.92 Å². The van der Waals surface area contributed by atoms with Gasteiger partial charge in [0.2, 0.25) is 5.28 Å². The van der Waals surface area contributed by atoms with Gasteiger partial charge < -0.3 is 10.1 Å². The summed E-state index contributed by atoms with van der Waals surface area (Å²) in [6.45, 7) is 11.9. The molecule has 0 bridgehead atoms. The number of nitrogens with one attached hydrogen (secondary N) is 1. The van der Waals surface area contributed by atoms with E-state index in [1.165, 1.54) is 0 Å². The van der Waals surface area contributed by atoms with Crippen molar-refractivity contribution in [1.82, 2.24) is 19.3 Å². The van der Waals surface area contributed by atoms with E-state index in [1.54, 1.807) is 53.7 Å². The number of alkyl carbamates (subject to hydrolysis) is 1. The Morgan fingerprint density at radius 2 is 1.74 bits per heavy atom. The number of rotatable bonds is 5. The predicted octanol–water partition coefficient (Wildman–Crippen LogP) is 5.50. The zero-order chi connectivity index (χ0) is 26.5. The van der Waals surface area contributed by atoms with Crippen LogP contribution in [0.4, 0.5) is 9.18 Å². The van der Waals surface area contributed by atoms with E-state index in [0.717, 1.165) is 9.54 Å². The number of nitrogens with zero attached hydrogens (tertiary/aromatic N) is 3. The zero-order valence-electron chi connectivity index (χ0n) is 20.5. The van der Waals surface area contributed by atoms with Gasteiger partial charge in [-0.25, -0.2) is 26.6 Å². The van der Waals surface area contributed by atoms with Crippen LogP contribution in [0.1, 0.15) is 50.1 Å². The standard InChI is InChI=1S/C23H27Cl2FN4O4S/c1-11-8-12(2)18(13(3)9-11)35(32,33)30-15(10-14(4)27-22(31)34-23(5,6)7)17(26)16-19(24)28-21(25)29-20(16)30/h8-9,14H,10H2,1-7H3,(H,27,31)/t14-/m0/s1. The van der Waals surface area contributed by atoms with Crippen LogP contribution >= 0.6 is 23.2 Å². The van der Waals surface area contributed by atoms with E-state index in [9.17, 15) is 13.2 Å². The van der Waals surface area contributed by atoms with Crippen LogP contribution in [-0.4, -0.2) is 40.1 Å². The van der Waals surface area contributed by atoms with Gasteiger partial charge in [0, 0.05) is 12.5 Å². The van der Waals surface area contributed by atoms with Crippen molar-refractivity contribution < 1.29 is 22.3 Å². The second kappa shape index (κ2) is 9.55. The Balaban J connectivity index is 2.23. The summed E-state index contributed by atoms with van der Waals surface area (Å²) >= 11 is 12.1. The first-order valence-electron chi connectivity index (χ1n) is 10.8. The third-order valence-electron chi connectivity index (χ3n) is 5.09. The van der Waals surface area contributed by atoms with E-state index in [-0.39, 0.29) is 38.5 Å². The lowest BCUT2D eigenvalue weighted by Crippen LogP contribution is -2.39. The molecule has 3 rings (SSSR count). The van der Waals surface area contributed by atoms with Crippen molar-refractivity contribution in [2.24, 2.45) is 0 Å². The minimum absolute atomic E-state index is 0.0138. The van der Waals surface area contributed by atoms with E-state index in [4.69, 9.17) is 27.9 Å². The van der Waals surface area contributed by atoms with Crippen molar-refractivity contribution >= 4 is 50.4 Å². The van der Waals surface area contributed by atoms with Crippen molar-refractivity contribution in [1.29, 1.82) is 0 Å². The van der Waals surface area contributed by atoms with Crippen LogP contribution in [0, 0.1) is 26.6 Å². The molecule has 0 aliphatic carbocycles. The number of hydrogen-bond acceptors (Lipinski definition) is 6. The smallest absolute Gasteiger partial charge is 0.407 e. The summed E-state index contributed by atoms with van der Waals surface area (Å²) in [5.41, 5.74) is 0.580. The molecule has 2 aromatic heterocycles. The average Bonchev–Trinajstić information content (AvgIpc) is 2.90. The number of aromatic nitrogens is 3. The first-order valence-corrected chi connectivity index (χ1v) is 13.0. The molecule has 0 aliphatic rings. The van der Waals surface area contributed by atoms with Crippen molar-refractivity contribution in [2.45, 2.75) is 71.4 Å². The number of ether oxygens (including phenoxy) is 1. The molecule has 1 aromatic carbocycles. The fraction of sp³-hybridized carbons (Fsp3) is 0.435. The van der Waals surface area contributed by atoms with Crippen molar-refractivity contribution in [3.05, 3.63) is 50.8 Å². The van der Waals surface area contributed by atoms with E-state index < -0.39 is 33.6 Å². The molecule has 0 radical (unpaired) electrons. The lowest BCUT2D eigenvalue weighted by molar-refractivity contribution is 0.0508. The molecule has 190 valence electrons. The number of hydrogen-bond donors (Lipinski definition) is 1. The first-order chi connectivity index (χ1) is 16.0. The van der Waals surface area contributed by atoms with Crippen LogP contribution in [0.5, 0.6) is 0 Å². The number of amides is 1. The highest BCUT2D eigenvalue weighted by Crippen LogP contribution is 2.35. The summed E-state index contributed by atoms with van der Waals surface area (Å²) < 4.78 is 49.7. The van der Waals surface area contributed by atoms with Gasteiger partial charge in [0.05, 0.1) is 16.0 Å². The number of halogens is 3. The van der Waals surface area contributed by atoms with Crippen LogP contribution < -0.4 is 5.32 Å².